The van der Waals surface area contributed by atoms with Crippen LogP contribution in [0.4, 0.5) is 14.9 Å². The summed E-state index contributed by atoms with van der Waals surface area (Å²) in [5, 5.41) is 20.1. The third-order valence-corrected chi connectivity index (χ3v) is 17.5. The third-order valence-electron chi connectivity index (χ3n) is 13.0. The lowest BCUT2D eigenvalue weighted by atomic mass is 9.57. The van der Waals surface area contributed by atoms with Crippen molar-refractivity contribution in [2.45, 2.75) is 149 Å². The van der Waals surface area contributed by atoms with Crippen LogP contribution in [0.3, 0.4) is 0 Å². The lowest BCUT2D eigenvalue weighted by molar-refractivity contribution is -0.138. The minimum Gasteiger partial charge on any atom is -0.507 e. The van der Waals surface area contributed by atoms with Gasteiger partial charge in [-0.2, -0.15) is 0 Å². The van der Waals surface area contributed by atoms with Gasteiger partial charge in [-0.1, -0.05) is 54.4 Å². The fourth-order valence-corrected chi connectivity index (χ4v) is 10.5. The van der Waals surface area contributed by atoms with Gasteiger partial charge in [0.15, 0.2) is 25.4 Å². The second-order valence-corrected chi connectivity index (χ2v) is 24.3. The van der Waals surface area contributed by atoms with Crippen molar-refractivity contribution in [3.05, 3.63) is 39.4 Å². The molecule has 15 heteroatoms. The highest BCUT2D eigenvalue weighted by Crippen LogP contribution is 2.60. The molecule has 5 atom stereocenters. The van der Waals surface area contributed by atoms with Crippen LogP contribution in [-0.2, 0) is 20.4 Å². The van der Waals surface area contributed by atoms with E-state index in [1.807, 2.05) is 73.6 Å². The van der Waals surface area contributed by atoms with E-state index in [2.05, 4.69) is 10.5 Å². The highest BCUT2D eigenvalue weighted by Gasteiger charge is 2.68. The molecule has 1 aliphatic heterocycles. The lowest BCUT2D eigenvalue weighted by Gasteiger charge is -2.54. The Morgan fingerprint density at radius 1 is 1.03 bits per heavy atom. The van der Waals surface area contributed by atoms with E-state index in [1.54, 1.807) is 20.8 Å². The third kappa shape index (κ3) is 7.70. The minimum absolute atomic E-state index is 0.00288. The van der Waals surface area contributed by atoms with Gasteiger partial charge in [-0.15, -0.1) is 0 Å². The largest absolute Gasteiger partial charge is 0.507 e. The van der Waals surface area contributed by atoms with Gasteiger partial charge in [0.2, 0.25) is 11.6 Å². The Hall–Kier alpha value is -3.79. The van der Waals surface area contributed by atoms with Gasteiger partial charge >= 0.3 is 6.09 Å². The van der Waals surface area contributed by atoms with Gasteiger partial charge in [-0.25, -0.2) is 9.18 Å². The number of carbonyl (C=O) groups excluding carboxylic acids is 3. The summed E-state index contributed by atoms with van der Waals surface area (Å²) >= 11 is 0. The monoisotopic (exact) mass is 854 g/mol. The molecule has 2 N–H and O–H groups in total. The number of ketones is 2. The molecule has 0 bridgehead atoms. The Morgan fingerprint density at radius 3 is 2.27 bits per heavy atom. The minimum atomic E-state index is -2.98. The molecule has 1 aromatic heterocycles. The van der Waals surface area contributed by atoms with Crippen LogP contribution >= 0.6 is 0 Å². The van der Waals surface area contributed by atoms with Crippen LogP contribution in [0.1, 0.15) is 146 Å². The number of rotatable bonds is 13. The first kappa shape index (κ1) is 45.7. The number of halogens is 1. The Bertz CT molecular complexity index is 2030. The SMILES string of the molecule is CCCCOc1noc2c1C(=O)[C@@]1(O[Si](C)(C)C(C)(C)C)C(=O)C3=C(O)c4c(c(F)c5c(c4OCCCC)N(C(=O)OC(C)(C)C)CCC5N(C)C)C[C@H]3C[C@H]1[C@@H]2NCC. The number of aliphatic hydroxyl groups is 1. The summed E-state index contributed by atoms with van der Waals surface area (Å²) in [6.45, 7) is 22.5. The van der Waals surface area contributed by atoms with Crippen molar-refractivity contribution in [2.75, 3.05) is 45.3 Å². The molecule has 3 aliphatic carbocycles. The molecule has 4 aliphatic rings. The first-order valence-corrected chi connectivity index (χ1v) is 24.7. The average molecular weight is 855 g/mol. The summed E-state index contributed by atoms with van der Waals surface area (Å²) in [6.07, 6.45) is 2.94. The molecule has 60 heavy (non-hydrogen) atoms. The number of nitrogens with one attached hydrogen (secondary N) is 1. The van der Waals surface area contributed by atoms with Crippen LogP contribution in [0, 0.1) is 17.7 Å². The van der Waals surface area contributed by atoms with Crippen LogP contribution in [0.2, 0.25) is 18.1 Å². The van der Waals surface area contributed by atoms with Gasteiger partial charge < -0.3 is 38.5 Å². The van der Waals surface area contributed by atoms with Crippen LogP contribution < -0.4 is 19.7 Å². The van der Waals surface area contributed by atoms with E-state index in [0.717, 1.165) is 12.8 Å². The number of benzene rings is 1. The molecule has 0 saturated heterocycles. The first-order valence-electron chi connectivity index (χ1n) is 21.8. The second kappa shape index (κ2) is 16.8. The van der Waals surface area contributed by atoms with Gasteiger partial charge in [-0.05, 0) is 103 Å². The molecule has 0 radical (unpaired) electrons. The molecule has 2 heterocycles. The summed E-state index contributed by atoms with van der Waals surface area (Å²) < 4.78 is 49.4. The van der Waals surface area contributed by atoms with Crippen molar-refractivity contribution < 1.29 is 47.0 Å². The molecular formula is C45H67FN4O9Si. The van der Waals surface area contributed by atoms with Crippen molar-refractivity contribution in [1.82, 2.24) is 15.4 Å². The van der Waals surface area contributed by atoms with Crippen molar-refractivity contribution >= 4 is 37.4 Å². The molecule has 6 rings (SSSR count). The molecule has 1 amide bonds. The fourth-order valence-electron chi connectivity index (χ4n) is 9.07. The first-order chi connectivity index (χ1) is 28.1. The Morgan fingerprint density at radius 2 is 1.68 bits per heavy atom. The maximum Gasteiger partial charge on any atom is 0.414 e. The summed E-state index contributed by atoms with van der Waals surface area (Å²) in [7, 11) is 0.751. The number of carbonyl (C=O) groups is 3. The number of aliphatic hydroxyl groups excluding tert-OH is 1. The van der Waals surface area contributed by atoms with E-state index in [0.29, 0.717) is 32.4 Å². The van der Waals surface area contributed by atoms with E-state index >= 15 is 14.0 Å². The number of ether oxygens (including phenoxy) is 3. The van der Waals surface area contributed by atoms with Gasteiger partial charge in [0.05, 0.1) is 30.5 Å². The maximum absolute atomic E-state index is 17.8. The van der Waals surface area contributed by atoms with E-state index < -0.39 is 77.7 Å². The van der Waals surface area contributed by atoms with Crippen molar-refractivity contribution in [3.8, 4) is 11.6 Å². The summed E-state index contributed by atoms with van der Waals surface area (Å²) in [5.74, 6) is -3.47. The van der Waals surface area contributed by atoms with Crippen LogP contribution in [0.25, 0.3) is 5.76 Å². The Kier molecular flexibility index (Phi) is 12.8. The van der Waals surface area contributed by atoms with E-state index in [-0.39, 0.29) is 76.9 Å². The maximum atomic E-state index is 17.8. The van der Waals surface area contributed by atoms with Crippen LogP contribution in [0.15, 0.2) is 10.1 Å². The standard InChI is InChI=1S/C45H67FN4O9Si/c1-14-17-21-55-38-30-26(33(46)31-28(49(10)11)19-20-50(35(31)38)42(54)57-43(4,5)6)23-25-24-27-34(47-16-3)37-32(41(48-58-37)56-22-18-15-2)40(53)45(27,39(52)29(25)36(30)51)59-60(12,13)44(7,8)9/h25,27-28,34,47,51H,14-24H2,1-13H3/t25-,27-,28?,34-,45-/m0/s1. The molecule has 1 saturated carbocycles. The van der Waals surface area contributed by atoms with Gasteiger partial charge in [-0.3, -0.25) is 14.5 Å². The number of nitrogens with zero attached hydrogens (tertiary/aromatic N) is 3. The number of fused-ring (bicyclic) bond motifs is 5. The van der Waals surface area contributed by atoms with Crippen LogP contribution in [-0.4, -0.2) is 92.7 Å². The van der Waals surface area contributed by atoms with Gasteiger partial charge in [0.1, 0.15) is 22.7 Å². The van der Waals surface area contributed by atoms with E-state index in [4.69, 9.17) is 23.2 Å². The zero-order valence-electron chi connectivity index (χ0n) is 38.0. The highest BCUT2D eigenvalue weighted by atomic mass is 28.4. The van der Waals surface area contributed by atoms with Crippen LogP contribution in [0.5, 0.6) is 11.6 Å². The number of amides is 1. The Labute approximate surface area is 355 Å². The quantitative estimate of drug-likeness (QED) is 0.112. The fraction of sp³-hybridized carbons (Fsp3) is 0.689. The number of anilines is 1. The molecule has 1 fully saturated rings. The second-order valence-electron chi connectivity index (χ2n) is 19.6. The van der Waals surface area contributed by atoms with Crippen molar-refractivity contribution in [2.24, 2.45) is 11.8 Å². The smallest absolute Gasteiger partial charge is 0.414 e. The summed E-state index contributed by atoms with van der Waals surface area (Å²) in [4.78, 5) is 48.8. The molecule has 0 spiro atoms. The predicted molar refractivity (Wildman–Crippen MR) is 230 cm³/mol. The van der Waals surface area contributed by atoms with Crippen molar-refractivity contribution in [1.29, 1.82) is 0 Å². The van der Waals surface area contributed by atoms with E-state index in [9.17, 15) is 9.90 Å². The normalized spacial score (nSPS) is 24.1. The van der Waals surface area contributed by atoms with Gasteiger partial charge in [0, 0.05) is 35.2 Å². The van der Waals surface area contributed by atoms with Crippen molar-refractivity contribution in [3.63, 3.8) is 0 Å². The number of unbranched alkanes of at least 4 members (excludes halogenated alkanes) is 2. The summed E-state index contributed by atoms with van der Waals surface area (Å²) in [6, 6.07) is -1.13. The molecule has 332 valence electrons. The van der Waals surface area contributed by atoms with Gasteiger partial charge in [0.25, 0.3) is 5.88 Å². The molecule has 2 aromatic rings. The number of aromatic nitrogens is 1. The lowest BCUT2D eigenvalue weighted by Crippen LogP contribution is -2.68. The highest BCUT2D eigenvalue weighted by molar-refractivity contribution is 6.74. The number of hydrogen-bond acceptors (Lipinski definition) is 12. The zero-order chi connectivity index (χ0) is 44.3. The average Bonchev–Trinajstić information content (AvgIpc) is 3.57. The Balaban J connectivity index is 1.65. The predicted octanol–water partition coefficient (Wildman–Crippen LogP) is 9.26. The molecule has 1 aromatic carbocycles. The molecular weight excluding hydrogens is 788 g/mol. The summed E-state index contributed by atoms with van der Waals surface area (Å²) in [5.41, 5.74) is -2.26. The van der Waals surface area contributed by atoms with E-state index in [1.165, 1.54) is 4.90 Å². The molecule has 1 unspecified atom stereocenters. The number of hydrogen-bond donors (Lipinski definition) is 2. The number of Topliss-reactive ketones (excluding diaryl/α,β-unsaturated/α-hetero) is 2. The zero-order valence-corrected chi connectivity index (χ0v) is 39.0. The molecule has 13 nitrogen and oxygen atoms in total. The topological polar surface area (TPSA) is 153 Å².